The molecule has 9 nitrogen and oxygen atoms in total. The van der Waals surface area contributed by atoms with Crippen LogP contribution in [0.4, 0.5) is 5.69 Å². The van der Waals surface area contributed by atoms with Crippen LogP contribution in [0.25, 0.3) is 10.2 Å². The Morgan fingerprint density at radius 3 is 2.69 bits per heavy atom. The van der Waals surface area contributed by atoms with Gasteiger partial charge < -0.3 is 14.8 Å². The number of nitrogens with one attached hydrogen (secondary N) is 1. The molecule has 1 N–H and O–H groups in total. The van der Waals surface area contributed by atoms with Gasteiger partial charge in [-0.15, -0.1) is 11.3 Å². The molecule has 168 valence electrons. The summed E-state index contributed by atoms with van der Waals surface area (Å²) in [5.74, 6) is -1.12. The predicted octanol–water partition coefficient (Wildman–Crippen LogP) is 2.97. The first-order chi connectivity index (χ1) is 15.2. The number of hydrogen-bond acceptors (Lipinski definition) is 8. The minimum Gasteiger partial charge on any atom is -0.459 e. The molecule has 0 aliphatic heterocycles. The third-order valence-electron chi connectivity index (χ3n) is 4.92. The van der Waals surface area contributed by atoms with Crippen molar-refractivity contribution in [2.75, 3.05) is 25.6 Å². The maximum Gasteiger partial charge on any atom is 0.348 e. The number of methoxy groups -OCH3 is 1. The second kappa shape index (κ2) is 9.84. The lowest BCUT2D eigenvalue weighted by atomic mass is 10.1. The Balaban J connectivity index is 1.87. The number of hydrogen-bond donors (Lipinski definition) is 1. The molecule has 0 fully saturated rings. The molecule has 1 aromatic carbocycles. The maximum atomic E-state index is 13.1. The summed E-state index contributed by atoms with van der Waals surface area (Å²) < 4.78 is 11.2. The van der Waals surface area contributed by atoms with Crippen molar-refractivity contribution in [3.8, 4) is 0 Å². The van der Waals surface area contributed by atoms with Crippen LogP contribution in [0, 0.1) is 6.92 Å². The van der Waals surface area contributed by atoms with E-state index in [0.29, 0.717) is 21.6 Å². The summed E-state index contributed by atoms with van der Waals surface area (Å²) in [5, 5.41) is 2.99. The van der Waals surface area contributed by atoms with Gasteiger partial charge in [0.05, 0.1) is 18.3 Å². The Morgan fingerprint density at radius 2 is 2.00 bits per heavy atom. The number of anilines is 1. The minimum atomic E-state index is -0.878. The Morgan fingerprint density at radius 1 is 1.25 bits per heavy atom. The van der Waals surface area contributed by atoms with Crippen LogP contribution in [-0.4, -0.2) is 47.5 Å². The van der Waals surface area contributed by atoms with E-state index in [0.717, 1.165) is 11.3 Å². The normalized spacial score (nSPS) is 11.9. The molecular formula is C22H23N3O6S. The molecule has 0 saturated heterocycles. The number of amides is 1. The van der Waals surface area contributed by atoms with Gasteiger partial charge in [-0.1, -0.05) is 12.1 Å². The summed E-state index contributed by atoms with van der Waals surface area (Å²) in [7, 11) is 1.50. The van der Waals surface area contributed by atoms with Crippen molar-refractivity contribution in [1.82, 2.24) is 9.55 Å². The summed E-state index contributed by atoms with van der Waals surface area (Å²) in [5.41, 5.74) is 0.944. The third kappa shape index (κ3) is 4.76. The molecule has 1 atom stereocenters. The van der Waals surface area contributed by atoms with Crippen LogP contribution >= 0.6 is 11.3 Å². The third-order valence-corrected chi connectivity index (χ3v) is 6.10. The van der Waals surface area contributed by atoms with E-state index in [4.69, 9.17) is 9.47 Å². The van der Waals surface area contributed by atoms with E-state index in [1.165, 1.54) is 24.9 Å². The standard InChI is InChI=1S/C22H23N3O6S/c1-12-17-20(32-18(12)22(29)31-9-8-30-4)23-11-25(21(17)28)13(2)19(27)24-16-7-5-6-15(10-16)14(3)26/h5-7,10-11,13H,8-9H2,1-4H3,(H,24,27). The SMILES string of the molecule is COCCOC(=O)c1sc2ncn(C(C)C(=O)Nc3cccc(C(C)=O)c3)c(=O)c2c1C. The van der Waals surface area contributed by atoms with Gasteiger partial charge in [-0.25, -0.2) is 9.78 Å². The average molecular weight is 458 g/mol. The van der Waals surface area contributed by atoms with Gasteiger partial charge in [0.2, 0.25) is 5.91 Å². The Bertz CT molecular complexity index is 1250. The van der Waals surface area contributed by atoms with Crippen molar-refractivity contribution in [2.24, 2.45) is 0 Å². The lowest BCUT2D eigenvalue weighted by Gasteiger charge is -2.15. The fourth-order valence-electron chi connectivity index (χ4n) is 3.08. The largest absolute Gasteiger partial charge is 0.459 e. The topological polar surface area (TPSA) is 117 Å². The summed E-state index contributed by atoms with van der Waals surface area (Å²) in [6.07, 6.45) is 1.29. The number of ether oxygens (including phenoxy) is 2. The van der Waals surface area contributed by atoms with Crippen molar-refractivity contribution >= 4 is 44.9 Å². The summed E-state index contributed by atoms with van der Waals surface area (Å²) in [4.78, 5) is 54.7. The Labute approximate surface area is 188 Å². The van der Waals surface area contributed by atoms with Gasteiger partial charge in [0.25, 0.3) is 5.56 Å². The molecule has 0 spiro atoms. The molecule has 32 heavy (non-hydrogen) atoms. The molecular weight excluding hydrogens is 434 g/mol. The summed E-state index contributed by atoms with van der Waals surface area (Å²) in [6, 6.07) is 5.67. The Kier molecular flexibility index (Phi) is 7.16. The van der Waals surface area contributed by atoms with E-state index >= 15 is 0 Å². The molecule has 0 aliphatic carbocycles. The second-order valence-corrected chi connectivity index (χ2v) is 8.12. The van der Waals surface area contributed by atoms with Crippen molar-refractivity contribution in [2.45, 2.75) is 26.8 Å². The lowest BCUT2D eigenvalue weighted by molar-refractivity contribution is -0.118. The van der Waals surface area contributed by atoms with Gasteiger partial charge in [0, 0.05) is 18.4 Å². The van der Waals surface area contributed by atoms with Crippen LogP contribution in [-0.2, 0) is 14.3 Å². The Hall–Kier alpha value is -3.37. The highest BCUT2D eigenvalue weighted by Crippen LogP contribution is 2.28. The average Bonchev–Trinajstić information content (AvgIpc) is 3.11. The van der Waals surface area contributed by atoms with E-state index in [1.54, 1.807) is 38.1 Å². The fourth-order valence-corrected chi connectivity index (χ4v) is 4.11. The highest BCUT2D eigenvalue weighted by Gasteiger charge is 2.23. The van der Waals surface area contributed by atoms with Gasteiger partial charge in [-0.05, 0) is 38.5 Å². The summed E-state index contributed by atoms with van der Waals surface area (Å²) in [6.45, 7) is 5.03. The first-order valence-corrected chi connectivity index (χ1v) is 10.6. The van der Waals surface area contributed by atoms with E-state index in [2.05, 4.69) is 10.3 Å². The minimum absolute atomic E-state index is 0.0999. The highest BCUT2D eigenvalue weighted by molar-refractivity contribution is 7.20. The van der Waals surface area contributed by atoms with Gasteiger partial charge in [0.1, 0.15) is 22.4 Å². The highest BCUT2D eigenvalue weighted by atomic mass is 32.1. The van der Waals surface area contributed by atoms with E-state index < -0.39 is 23.5 Å². The molecule has 0 radical (unpaired) electrons. The number of nitrogens with zero attached hydrogens (tertiary/aromatic N) is 2. The smallest absolute Gasteiger partial charge is 0.348 e. The molecule has 0 bridgehead atoms. The maximum absolute atomic E-state index is 13.1. The lowest BCUT2D eigenvalue weighted by Crippen LogP contribution is -2.31. The number of rotatable bonds is 8. The number of thiophene rings is 1. The summed E-state index contributed by atoms with van der Waals surface area (Å²) >= 11 is 1.07. The zero-order chi connectivity index (χ0) is 23.4. The number of Topliss-reactive ketones (excluding diaryl/α,β-unsaturated/α-hetero) is 1. The van der Waals surface area contributed by atoms with Crippen LogP contribution in [0.3, 0.4) is 0 Å². The van der Waals surface area contributed by atoms with E-state index in [9.17, 15) is 19.2 Å². The van der Waals surface area contributed by atoms with E-state index in [-0.39, 0.29) is 29.3 Å². The van der Waals surface area contributed by atoms with E-state index in [1.807, 2.05) is 0 Å². The van der Waals surface area contributed by atoms with Crippen molar-refractivity contribution < 1.29 is 23.9 Å². The van der Waals surface area contributed by atoms with Crippen LogP contribution < -0.4 is 10.9 Å². The zero-order valence-corrected chi connectivity index (χ0v) is 18.9. The number of carbonyl (C=O) groups is 3. The number of fused-ring (bicyclic) bond motifs is 1. The molecule has 3 rings (SSSR count). The number of esters is 1. The molecule has 0 aliphatic rings. The molecule has 1 unspecified atom stereocenters. The predicted molar refractivity (Wildman–Crippen MR) is 121 cm³/mol. The van der Waals surface area contributed by atoms with Gasteiger partial charge in [0.15, 0.2) is 5.78 Å². The van der Waals surface area contributed by atoms with Crippen LogP contribution in [0.15, 0.2) is 35.4 Å². The number of ketones is 1. The van der Waals surface area contributed by atoms with Crippen molar-refractivity contribution in [1.29, 1.82) is 0 Å². The molecule has 1 amide bonds. The van der Waals surface area contributed by atoms with Crippen molar-refractivity contribution in [3.63, 3.8) is 0 Å². The van der Waals surface area contributed by atoms with Crippen LogP contribution in [0.5, 0.6) is 0 Å². The number of carbonyl (C=O) groups excluding carboxylic acids is 3. The molecule has 2 heterocycles. The van der Waals surface area contributed by atoms with Crippen molar-refractivity contribution in [3.05, 3.63) is 57.0 Å². The molecule has 10 heteroatoms. The second-order valence-electron chi connectivity index (χ2n) is 7.12. The van der Waals surface area contributed by atoms with Gasteiger partial charge in [-0.3, -0.25) is 19.0 Å². The fraction of sp³-hybridized carbons (Fsp3) is 0.318. The number of aromatic nitrogens is 2. The number of benzene rings is 1. The van der Waals surface area contributed by atoms with Crippen LogP contribution in [0.2, 0.25) is 0 Å². The molecule has 2 aromatic heterocycles. The monoisotopic (exact) mass is 457 g/mol. The quantitative estimate of drug-likeness (QED) is 0.314. The first kappa shape index (κ1) is 23.3. The molecule has 0 saturated carbocycles. The van der Waals surface area contributed by atoms with Crippen LogP contribution in [0.1, 0.15) is 45.5 Å². The zero-order valence-electron chi connectivity index (χ0n) is 18.1. The van der Waals surface area contributed by atoms with Gasteiger partial charge >= 0.3 is 5.97 Å². The van der Waals surface area contributed by atoms with Gasteiger partial charge in [-0.2, -0.15) is 0 Å². The number of aryl methyl sites for hydroxylation is 1. The molecule has 3 aromatic rings. The first-order valence-electron chi connectivity index (χ1n) is 9.82.